The van der Waals surface area contributed by atoms with Gasteiger partial charge in [-0.1, -0.05) is 47.5 Å². The molecule has 2 saturated heterocycles. The van der Waals surface area contributed by atoms with Crippen LogP contribution in [0.2, 0.25) is 10.0 Å². The van der Waals surface area contributed by atoms with Crippen molar-refractivity contribution in [2.75, 3.05) is 52.4 Å². The lowest BCUT2D eigenvalue weighted by atomic mass is 9.96. The molecule has 3 aromatic heterocycles. The third-order valence-electron chi connectivity index (χ3n) is 11.2. The Bertz CT molecular complexity index is 2050. The normalized spacial score (nSPS) is 20.0. The minimum absolute atomic E-state index is 0.100. The lowest BCUT2D eigenvalue weighted by Crippen LogP contribution is -2.50. The molecule has 2 unspecified atom stereocenters. The van der Waals surface area contributed by atoms with Gasteiger partial charge in [-0.3, -0.25) is 29.5 Å². The van der Waals surface area contributed by atoms with Gasteiger partial charge in [-0.05, 0) is 113 Å². The molecule has 5 heterocycles. The number of hydrogen-bond acceptors (Lipinski definition) is 7. The van der Waals surface area contributed by atoms with E-state index in [0.717, 1.165) is 99.3 Å². The number of amides is 1. The molecular formula is C43H45Cl2N7O. The number of piperazine rings is 2. The van der Waals surface area contributed by atoms with Crippen LogP contribution in [0.15, 0.2) is 97.6 Å². The van der Waals surface area contributed by atoms with Crippen LogP contribution >= 0.6 is 23.2 Å². The van der Waals surface area contributed by atoms with Gasteiger partial charge in [0.1, 0.15) is 0 Å². The molecule has 1 N–H and O–H groups in total. The van der Waals surface area contributed by atoms with Crippen molar-refractivity contribution in [2.45, 2.75) is 44.2 Å². The van der Waals surface area contributed by atoms with Crippen molar-refractivity contribution in [1.82, 2.24) is 35.0 Å². The molecule has 5 aromatic rings. The van der Waals surface area contributed by atoms with Gasteiger partial charge in [0, 0.05) is 87.2 Å². The highest BCUT2D eigenvalue weighted by Gasteiger charge is 2.34. The molecule has 1 amide bonds. The van der Waals surface area contributed by atoms with Gasteiger partial charge >= 0.3 is 0 Å². The molecule has 2 aliphatic heterocycles. The average molecular weight is 747 g/mol. The topological polar surface area (TPSA) is 77.5 Å². The molecular weight excluding hydrogens is 701 g/mol. The Morgan fingerprint density at radius 2 is 1.13 bits per heavy atom. The molecule has 4 aliphatic rings. The summed E-state index contributed by atoms with van der Waals surface area (Å²) in [5.74, 6) is 0.178. The zero-order valence-electron chi connectivity index (χ0n) is 29.9. The van der Waals surface area contributed by atoms with Crippen LogP contribution in [-0.4, -0.2) is 87.9 Å². The zero-order chi connectivity index (χ0) is 36.1. The molecule has 272 valence electrons. The molecule has 10 heteroatoms. The SMILES string of the molecule is Clc1ccc2c(c1)CCc1cccnc1C2N1CCNCC1.O=C(Cc1ccncc1)N1CCN(C2c3ccc(Cl)cc3CCc3cccnc32)CC1. The predicted molar refractivity (Wildman–Crippen MR) is 210 cm³/mol. The summed E-state index contributed by atoms with van der Waals surface area (Å²) in [6.45, 7) is 7.31. The second-order valence-electron chi connectivity index (χ2n) is 14.3. The Kier molecular flexibility index (Phi) is 11.1. The molecule has 53 heavy (non-hydrogen) atoms. The molecule has 0 spiro atoms. The zero-order valence-corrected chi connectivity index (χ0v) is 31.4. The molecule has 2 fully saturated rings. The maximum atomic E-state index is 12.8. The number of halogens is 2. The third-order valence-corrected chi connectivity index (χ3v) is 11.6. The van der Waals surface area contributed by atoms with Crippen LogP contribution in [0.5, 0.6) is 0 Å². The fraction of sp³-hybridized carbons (Fsp3) is 0.349. The maximum absolute atomic E-state index is 12.8. The molecule has 9 rings (SSSR count). The van der Waals surface area contributed by atoms with E-state index in [4.69, 9.17) is 33.2 Å². The van der Waals surface area contributed by atoms with E-state index in [-0.39, 0.29) is 18.0 Å². The molecule has 2 aromatic carbocycles. The van der Waals surface area contributed by atoms with E-state index in [2.05, 4.69) is 62.6 Å². The summed E-state index contributed by atoms with van der Waals surface area (Å²) in [5, 5.41) is 5.05. The molecule has 0 radical (unpaired) electrons. The van der Waals surface area contributed by atoms with Gasteiger partial charge < -0.3 is 10.2 Å². The van der Waals surface area contributed by atoms with Crippen LogP contribution in [0.4, 0.5) is 0 Å². The maximum Gasteiger partial charge on any atom is 0.227 e. The largest absolute Gasteiger partial charge is 0.340 e. The van der Waals surface area contributed by atoms with Crippen LogP contribution in [0.3, 0.4) is 0 Å². The number of nitrogens with zero attached hydrogens (tertiary/aromatic N) is 6. The van der Waals surface area contributed by atoms with Crippen LogP contribution in [0.25, 0.3) is 0 Å². The summed E-state index contributed by atoms with van der Waals surface area (Å²) in [6, 6.07) is 25.3. The lowest BCUT2D eigenvalue weighted by Gasteiger charge is -2.39. The monoisotopic (exact) mass is 745 g/mol. The van der Waals surface area contributed by atoms with E-state index in [9.17, 15) is 4.79 Å². The van der Waals surface area contributed by atoms with Crippen molar-refractivity contribution in [3.63, 3.8) is 0 Å². The summed E-state index contributed by atoms with van der Waals surface area (Å²) in [7, 11) is 0. The molecule has 2 atom stereocenters. The summed E-state index contributed by atoms with van der Waals surface area (Å²) in [4.78, 5) is 33.4. The van der Waals surface area contributed by atoms with E-state index in [1.165, 1.54) is 39.1 Å². The second-order valence-corrected chi connectivity index (χ2v) is 15.2. The Hall–Kier alpha value is -4.18. The molecule has 0 bridgehead atoms. The summed E-state index contributed by atoms with van der Waals surface area (Å²) in [5.41, 5.74) is 11.4. The predicted octanol–water partition coefficient (Wildman–Crippen LogP) is 6.53. The number of benzene rings is 2. The second kappa shape index (κ2) is 16.5. The first-order valence-corrected chi connectivity index (χ1v) is 19.6. The van der Waals surface area contributed by atoms with Gasteiger partial charge in [0.2, 0.25) is 5.91 Å². The smallest absolute Gasteiger partial charge is 0.227 e. The fourth-order valence-corrected chi connectivity index (χ4v) is 8.85. The Morgan fingerprint density at radius 1 is 0.623 bits per heavy atom. The lowest BCUT2D eigenvalue weighted by molar-refractivity contribution is -0.132. The molecule has 0 saturated carbocycles. The van der Waals surface area contributed by atoms with Crippen molar-refractivity contribution >= 4 is 29.1 Å². The average Bonchev–Trinajstić information content (AvgIpc) is 3.46. The van der Waals surface area contributed by atoms with Crippen LogP contribution in [0, 0.1) is 0 Å². The number of aromatic nitrogens is 3. The molecule has 8 nitrogen and oxygen atoms in total. The number of nitrogens with one attached hydrogen (secondary N) is 1. The van der Waals surface area contributed by atoms with E-state index < -0.39 is 0 Å². The van der Waals surface area contributed by atoms with Gasteiger partial charge in [-0.15, -0.1) is 0 Å². The van der Waals surface area contributed by atoms with Crippen molar-refractivity contribution in [2.24, 2.45) is 0 Å². The quantitative estimate of drug-likeness (QED) is 0.224. The number of fused-ring (bicyclic) bond motifs is 4. The fourth-order valence-electron chi connectivity index (χ4n) is 8.46. The highest BCUT2D eigenvalue weighted by atomic mass is 35.5. The van der Waals surface area contributed by atoms with Gasteiger partial charge in [-0.2, -0.15) is 0 Å². The first-order chi connectivity index (χ1) is 26.0. The number of hydrogen-bond donors (Lipinski definition) is 1. The number of pyridine rings is 3. The standard InChI is InChI=1S/C25H25ClN4O.C18H20ClN3/c26-21-5-6-22-20(17-21)4-3-19-2-1-9-28-24(19)25(22)30-14-12-29(13-15-30)23(31)16-18-7-10-27-11-8-18;19-15-5-6-16-14(12-15)4-3-13-2-1-7-21-17(13)18(16)22-10-8-20-9-11-22/h1-2,5-11,17,25H,3-4,12-16H2;1-2,5-7,12,18,20H,3-4,8-11H2. The van der Waals surface area contributed by atoms with Crippen LogP contribution < -0.4 is 5.32 Å². The number of carbonyl (C=O) groups is 1. The van der Waals surface area contributed by atoms with Crippen LogP contribution in [-0.2, 0) is 36.9 Å². The van der Waals surface area contributed by atoms with E-state index in [1.54, 1.807) is 12.4 Å². The van der Waals surface area contributed by atoms with Crippen molar-refractivity contribution in [1.29, 1.82) is 0 Å². The summed E-state index contributed by atoms with van der Waals surface area (Å²) in [6.07, 6.45) is 11.7. The van der Waals surface area contributed by atoms with E-state index >= 15 is 0 Å². The van der Waals surface area contributed by atoms with Gasteiger partial charge in [0.25, 0.3) is 0 Å². The minimum atomic E-state index is 0.100. The third kappa shape index (κ3) is 8.03. The summed E-state index contributed by atoms with van der Waals surface area (Å²) >= 11 is 12.6. The van der Waals surface area contributed by atoms with E-state index in [0.29, 0.717) is 6.42 Å². The Labute approximate surface area is 322 Å². The first kappa shape index (κ1) is 35.8. The van der Waals surface area contributed by atoms with Crippen LogP contribution in [0.1, 0.15) is 62.4 Å². The number of carbonyl (C=O) groups excluding carboxylic acids is 1. The van der Waals surface area contributed by atoms with E-state index in [1.807, 2.05) is 47.6 Å². The highest BCUT2D eigenvalue weighted by molar-refractivity contribution is 6.31. The highest BCUT2D eigenvalue weighted by Crippen LogP contribution is 2.38. The number of aryl methyl sites for hydroxylation is 4. The molecule has 2 aliphatic carbocycles. The van der Waals surface area contributed by atoms with Gasteiger partial charge in [-0.25, -0.2) is 0 Å². The van der Waals surface area contributed by atoms with Gasteiger partial charge in [0.15, 0.2) is 0 Å². The number of rotatable bonds is 4. The first-order valence-electron chi connectivity index (χ1n) is 18.8. The van der Waals surface area contributed by atoms with Crippen molar-refractivity contribution < 1.29 is 4.79 Å². The Balaban J connectivity index is 0.000000160. The summed E-state index contributed by atoms with van der Waals surface area (Å²) < 4.78 is 0. The van der Waals surface area contributed by atoms with Gasteiger partial charge in [0.05, 0.1) is 29.9 Å². The van der Waals surface area contributed by atoms with Crippen molar-refractivity contribution in [3.05, 3.63) is 158 Å². The Morgan fingerprint density at radius 3 is 1.68 bits per heavy atom. The van der Waals surface area contributed by atoms with Crippen molar-refractivity contribution in [3.8, 4) is 0 Å². The minimum Gasteiger partial charge on any atom is -0.340 e.